The molecule has 2 unspecified atom stereocenters. The van der Waals surface area contributed by atoms with Crippen LogP contribution in [0.1, 0.15) is 46.5 Å². The molecule has 1 aliphatic heterocycles. The first-order valence-electron chi connectivity index (χ1n) is 7.19. The van der Waals surface area contributed by atoms with Crippen LogP contribution in [-0.2, 0) is 10.0 Å². The number of piperidine rings is 1. The van der Waals surface area contributed by atoms with Crippen LogP contribution in [-0.4, -0.2) is 44.2 Å². The van der Waals surface area contributed by atoms with Crippen LogP contribution >= 0.6 is 0 Å². The minimum atomic E-state index is -3.05. The fraction of sp³-hybridized carbons (Fsp3) is 1.00. The summed E-state index contributed by atoms with van der Waals surface area (Å²) in [5.74, 6) is 0.783. The van der Waals surface area contributed by atoms with Gasteiger partial charge in [-0.15, -0.1) is 0 Å². The van der Waals surface area contributed by atoms with Crippen molar-refractivity contribution >= 4 is 10.0 Å². The Balaban J connectivity index is 2.42. The second-order valence-corrected chi connectivity index (χ2v) is 7.39. The van der Waals surface area contributed by atoms with Gasteiger partial charge in [-0.2, -0.15) is 4.31 Å². The van der Waals surface area contributed by atoms with E-state index in [1.807, 2.05) is 6.92 Å². The Morgan fingerprint density at radius 3 is 2.67 bits per heavy atom. The monoisotopic (exact) mass is 276 g/mol. The summed E-state index contributed by atoms with van der Waals surface area (Å²) in [6, 6.07) is 0.164. The van der Waals surface area contributed by atoms with Gasteiger partial charge in [-0.05, 0) is 51.6 Å². The van der Waals surface area contributed by atoms with E-state index in [9.17, 15) is 8.42 Å². The highest BCUT2D eigenvalue weighted by Crippen LogP contribution is 2.25. The molecule has 18 heavy (non-hydrogen) atoms. The molecule has 2 atom stereocenters. The SMILES string of the molecule is CCNCCCCS(=O)(=O)N1CCCC(C)C1C. The smallest absolute Gasteiger partial charge is 0.214 e. The van der Waals surface area contributed by atoms with Crippen LogP contribution in [0, 0.1) is 5.92 Å². The molecule has 108 valence electrons. The maximum Gasteiger partial charge on any atom is 0.214 e. The lowest BCUT2D eigenvalue weighted by molar-refractivity contribution is 0.202. The standard InChI is InChI=1S/C13H28N2O2S/c1-4-14-9-5-6-11-18(16,17)15-10-7-8-12(2)13(15)3/h12-14H,4-11H2,1-3H3. The quantitative estimate of drug-likeness (QED) is 0.722. The zero-order valence-corrected chi connectivity index (χ0v) is 12.8. The highest BCUT2D eigenvalue weighted by atomic mass is 32.2. The first kappa shape index (κ1) is 15.9. The second-order valence-electron chi connectivity index (χ2n) is 5.35. The topological polar surface area (TPSA) is 49.4 Å². The van der Waals surface area contributed by atoms with Crippen LogP contribution in [0.2, 0.25) is 0 Å². The normalized spacial score (nSPS) is 26.4. The number of nitrogens with one attached hydrogen (secondary N) is 1. The Morgan fingerprint density at radius 2 is 2.00 bits per heavy atom. The number of sulfonamides is 1. The summed E-state index contributed by atoms with van der Waals surface area (Å²) >= 11 is 0. The van der Waals surface area contributed by atoms with Gasteiger partial charge in [0.05, 0.1) is 5.75 Å². The Morgan fingerprint density at radius 1 is 1.28 bits per heavy atom. The summed E-state index contributed by atoms with van der Waals surface area (Å²) in [6.45, 7) is 8.83. The average molecular weight is 276 g/mol. The van der Waals surface area contributed by atoms with E-state index < -0.39 is 10.0 Å². The predicted molar refractivity (Wildman–Crippen MR) is 76.1 cm³/mol. The van der Waals surface area contributed by atoms with Gasteiger partial charge < -0.3 is 5.32 Å². The zero-order valence-electron chi connectivity index (χ0n) is 12.0. The fourth-order valence-electron chi connectivity index (χ4n) is 2.52. The molecule has 1 fully saturated rings. The van der Waals surface area contributed by atoms with Gasteiger partial charge in [0.1, 0.15) is 0 Å². The summed E-state index contributed by atoms with van der Waals surface area (Å²) in [4.78, 5) is 0. The third-order valence-corrected chi connectivity index (χ3v) is 5.96. The predicted octanol–water partition coefficient (Wildman–Crippen LogP) is 1.83. The van der Waals surface area contributed by atoms with Crippen molar-refractivity contribution in [3.63, 3.8) is 0 Å². The Labute approximate surface area is 112 Å². The van der Waals surface area contributed by atoms with E-state index in [-0.39, 0.29) is 6.04 Å². The van der Waals surface area contributed by atoms with E-state index in [0.717, 1.165) is 38.8 Å². The number of unbranched alkanes of at least 4 members (excludes halogenated alkanes) is 1. The molecule has 5 heteroatoms. The minimum absolute atomic E-state index is 0.164. The van der Waals surface area contributed by atoms with Crippen LogP contribution in [0.25, 0.3) is 0 Å². The van der Waals surface area contributed by atoms with Gasteiger partial charge in [-0.1, -0.05) is 13.8 Å². The third-order valence-electron chi connectivity index (χ3n) is 3.93. The van der Waals surface area contributed by atoms with E-state index in [1.165, 1.54) is 0 Å². The lowest BCUT2D eigenvalue weighted by atomic mass is 9.94. The molecule has 1 rings (SSSR count). The van der Waals surface area contributed by atoms with Gasteiger partial charge in [0, 0.05) is 12.6 Å². The van der Waals surface area contributed by atoms with Crippen LogP contribution in [0.15, 0.2) is 0 Å². The second kappa shape index (κ2) is 7.46. The van der Waals surface area contributed by atoms with Crippen molar-refractivity contribution in [3.05, 3.63) is 0 Å². The molecule has 4 nitrogen and oxygen atoms in total. The zero-order chi connectivity index (χ0) is 13.6. The van der Waals surface area contributed by atoms with Crippen molar-refractivity contribution in [3.8, 4) is 0 Å². The molecule has 1 heterocycles. The van der Waals surface area contributed by atoms with Crippen LogP contribution in [0.5, 0.6) is 0 Å². The number of hydrogen-bond donors (Lipinski definition) is 1. The minimum Gasteiger partial charge on any atom is -0.317 e. The van der Waals surface area contributed by atoms with E-state index in [4.69, 9.17) is 0 Å². The highest BCUT2D eigenvalue weighted by molar-refractivity contribution is 7.89. The van der Waals surface area contributed by atoms with Gasteiger partial charge in [0.15, 0.2) is 0 Å². The summed E-state index contributed by atoms with van der Waals surface area (Å²) < 4.78 is 26.3. The first-order valence-corrected chi connectivity index (χ1v) is 8.80. The maximum atomic E-state index is 12.3. The summed E-state index contributed by atoms with van der Waals surface area (Å²) in [6.07, 6.45) is 3.84. The lowest BCUT2D eigenvalue weighted by Crippen LogP contribution is -2.46. The molecule has 1 aliphatic rings. The average Bonchev–Trinajstić information content (AvgIpc) is 2.32. The van der Waals surface area contributed by atoms with Crippen molar-refractivity contribution in [1.29, 1.82) is 0 Å². The summed E-state index contributed by atoms with van der Waals surface area (Å²) in [5.41, 5.74) is 0. The van der Waals surface area contributed by atoms with E-state index in [1.54, 1.807) is 4.31 Å². The Bertz CT molecular complexity index is 330. The van der Waals surface area contributed by atoms with Gasteiger partial charge in [0.25, 0.3) is 0 Å². The summed E-state index contributed by atoms with van der Waals surface area (Å²) in [7, 11) is -3.05. The number of hydrogen-bond acceptors (Lipinski definition) is 3. The number of nitrogens with zero attached hydrogens (tertiary/aromatic N) is 1. The molecule has 0 aromatic heterocycles. The van der Waals surface area contributed by atoms with Crippen molar-refractivity contribution < 1.29 is 8.42 Å². The molecule has 0 bridgehead atoms. The van der Waals surface area contributed by atoms with Crippen molar-refractivity contribution in [2.24, 2.45) is 5.92 Å². The Hall–Kier alpha value is -0.130. The van der Waals surface area contributed by atoms with Crippen LogP contribution < -0.4 is 5.32 Å². The molecular weight excluding hydrogens is 248 g/mol. The van der Waals surface area contributed by atoms with E-state index in [0.29, 0.717) is 18.2 Å². The highest BCUT2D eigenvalue weighted by Gasteiger charge is 2.32. The molecule has 0 spiro atoms. The maximum absolute atomic E-state index is 12.3. The van der Waals surface area contributed by atoms with Crippen LogP contribution in [0.3, 0.4) is 0 Å². The molecule has 0 aliphatic carbocycles. The van der Waals surface area contributed by atoms with E-state index >= 15 is 0 Å². The molecule has 0 aromatic carbocycles. The number of rotatable bonds is 7. The Kier molecular flexibility index (Phi) is 6.60. The van der Waals surface area contributed by atoms with Gasteiger partial charge in [0.2, 0.25) is 10.0 Å². The molecular formula is C13H28N2O2S. The van der Waals surface area contributed by atoms with Crippen molar-refractivity contribution in [2.45, 2.75) is 52.5 Å². The largest absolute Gasteiger partial charge is 0.317 e. The molecule has 0 radical (unpaired) electrons. The lowest BCUT2D eigenvalue weighted by Gasteiger charge is -2.36. The first-order chi connectivity index (χ1) is 8.49. The van der Waals surface area contributed by atoms with E-state index in [2.05, 4.69) is 19.2 Å². The molecule has 0 amide bonds. The molecule has 1 N–H and O–H groups in total. The fourth-order valence-corrected chi connectivity index (χ4v) is 4.44. The molecule has 0 saturated carbocycles. The van der Waals surface area contributed by atoms with Crippen LogP contribution in [0.4, 0.5) is 0 Å². The van der Waals surface area contributed by atoms with Crippen molar-refractivity contribution in [1.82, 2.24) is 9.62 Å². The molecule has 0 aromatic rings. The van der Waals surface area contributed by atoms with Crippen molar-refractivity contribution in [2.75, 3.05) is 25.4 Å². The van der Waals surface area contributed by atoms with Gasteiger partial charge in [-0.25, -0.2) is 8.42 Å². The third kappa shape index (κ3) is 4.52. The molecule has 1 saturated heterocycles. The van der Waals surface area contributed by atoms with Gasteiger partial charge in [-0.3, -0.25) is 0 Å². The summed E-state index contributed by atoms with van der Waals surface area (Å²) in [5, 5.41) is 3.22. The van der Waals surface area contributed by atoms with Gasteiger partial charge >= 0.3 is 0 Å².